The standard InChI is InChI=1S/C13H15FO2/c14-11-3-1-2-10(8-11)13(16)9-4-6-12(15)7-5-9/h1-3,8-9,12,15H,4-7H2. The third-order valence-electron chi connectivity index (χ3n) is 3.18. The fourth-order valence-corrected chi connectivity index (χ4v) is 2.22. The molecule has 0 radical (unpaired) electrons. The highest BCUT2D eigenvalue weighted by Gasteiger charge is 2.25. The molecule has 0 aliphatic heterocycles. The van der Waals surface area contributed by atoms with Crippen molar-refractivity contribution in [2.24, 2.45) is 5.92 Å². The summed E-state index contributed by atoms with van der Waals surface area (Å²) in [5, 5.41) is 9.35. The number of hydrogen-bond donors (Lipinski definition) is 1. The van der Waals surface area contributed by atoms with E-state index in [1.54, 1.807) is 12.1 Å². The van der Waals surface area contributed by atoms with Crippen LogP contribution < -0.4 is 0 Å². The number of rotatable bonds is 2. The Kier molecular flexibility index (Phi) is 3.34. The van der Waals surface area contributed by atoms with E-state index in [1.807, 2.05) is 0 Å². The lowest BCUT2D eigenvalue weighted by molar-refractivity contribution is 0.0764. The third-order valence-corrected chi connectivity index (χ3v) is 3.18. The van der Waals surface area contributed by atoms with Gasteiger partial charge in [0.05, 0.1) is 6.10 Å². The molecule has 86 valence electrons. The van der Waals surface area contributed by atoms with Crippen LogP contribution in [-0.4, -0.2) is 17.0 Å². The van der Waals surface area contributed by atoms with E-state index >= 15 is 0 Å². The lowest BCUT2D eigenvalue weighted by Crippen LogP contribution is -2.24. The first-order chi connectivity index (χ1) is 7.66. The monoisotopic (exact) mass is 222 g/mol. The summed E-state index contributed by atoms with van der Waals surface area (Å²) in [6.07, 6.45) is 2.49. The van der Waals surface area contributed by atoms with E-state index in [4.69, 9.17) is 0 Å². The summed E-state index contributed by atoms with van der Waals surface area (Å²) in [5.41, 5.74) is 0.446. The molecule has 2 rings (SSSR count). The smallest absolute Gasteiger partial charge is 0.166 e. The largest absolute Gasteiger partial charge is 0.393 e. The molecule has 3 heteroatoms. The van der Waals surface area contributed by atoms with E-state index in [1.165, 1.54) is 12.1 Å². The zero-order chi connectivity index (χ0) is 11.5. The summed E-state index contributed by atoms with van der Waals surface area (Å²) in [7, 11) is 0. The van der Waals surface area contributed by atoms with E-state index in [0.29, 0.717) is 31.2 Å². The van der Waals surface area contributed by atoms with Crippen LogP contribution in [0.25, 0.3) is 0 Å². The van der Waals surface area contributed by atoms with E-state index < -0.39 is 0 Å². The summed E-state index contributed by atoms with van der Waals surface area (Å²) < 4.78 is 13.0. The second-order valence-electron chi connectivity index (χ2n) is 4.38. The zero-order valence-corrected chi connectivity index (χ0v) is 9.03. The number of hydrogen-bond acceptors (Lipinski definition) is 2. The van der Waals surface area contributed by atoms with Gasteiger partial charge in [-0.05, 0) is 37.8 Å². The molecule has 0 amide bonds. The molecule has 0 spiro atoms. The van der Waals surface area contributed by atoms with Crippen molar-refractivity contribution in [3.8, 4) is 0 Å². The molecule has 0 atom stereocenters. The molecular weight excluding hydrogens is 207 g/mol. The Morgan fingerprint density at radius 2 is 1.94 bits per heavy atom. The van der Waals surface area contributed by atoms with Gasteiger partial charge in [0, 0.05) is 11.5 Å². The van der Waals surface area contributed by atoms with Gasteiger partial charge in [-0.15, -0.1) is 0 Å². The summed E-state index contributed by atoms with van der Waals surface area (Å²) in [6, 6.07) is 5.82. The Bertz CT molecular complexity index is 381. The molecule has 0 saturated heterocycles. The number of carbonyl (C=O) groups is 1. The number of halogens is 1. The Balaban J connectivity index is 2.08. The van der Waals surface area contributed by atoms with Gasteiger partial charge in [0.25, 0.3) is 0 Å². The minimum Gasteiger partial charge on any atom is -0.393 e. The number of ketones is 1. The molecule has 1 aromatic rings. The first-order valence-electron chi connectivity index (χ1n) is 5.64. The summed E-state index contributed by atoms with van der Waals surface area (Å²) in [4.78, 5) is 12.0. The molecule has 0 aromatic heterocycles. The van der Waals surface area contributed by atoms with Crippen molar-refractivity contribution >= 4 is 5.78 Å². The first-order valence-corrected chi connectivity index (χ1v) is 5.64. The molecule has 0 heterocycles. The molecule has 16 heavy (non-hydrogen) atoms. The van der Waals surface area contributed by atoms with Gasteiger partial charge in [-0.2, -0.15) is 0 Å². The van der Waals surface area contributed by atoms with Crippen molar-refractivity contribution in [3.63, 3.8) is 0 Å². The van der Waals surface area contributed by atoms with Gasteiger partial charge in [0.15, 0.2) is 5.78 Å². The Labute approximate surface area is 94.1 Å². The summed E-state index contributed by atoms with van der Waals surface area (Å²) in [5.74, 6) is -0.418. The minimum atomic E-state index is -0.373. The number of aliphatic hydroxyl groups is 1. The molecule has 1 saturated carbocycles. The number of benzene rings is 1. The quantitative estimate of drug-likeness (QED) is 0.781. The molecule has 1 aliphatic carbocycles. The average molecular weight is 222 g/mol. The first kappa shape index (κ1) is 11.3. The van der Waals surface area contributed by atoms with E-state index in [0.717, 1.165) is 0 Å². The fourth-order valence-electron chi connectivity index (χ4n) is 2.22. The topological polar surface area (TPSA) is 37.3 Å². The van der Waals surface area contributed by atoms with Crippen LogP contribution in [0, 0.1) is 11.7 Å². The lowest BCUT2D eigenvalue weighted by atomic mass is 9.82. The summed E-state index contributed by atoms with van der Waals surface area (Å²) >= 11 is 0. The van der Waals surface area contributed by atoms with Gasteiger partial charge in [-0.1, -0.05) is 12.1 Å². The molecule has 1 N–H and O–H groups in total. The van der Waals surface area contributed by atoms with Gasteiger partial charge in [-0.3, -0.25) is 4.79 Å². The molecule has 0 unspecified atom stereocenters. The Morgan fingerprint density at radius 1 is 1.25 bits per heavy atom. The highest BCUT2D eigenvalue weighted by molar-refractivity contribution is 5.97. The van der Waals surface area contributed by atoms with Crippen molar-refractivity contribution in [1.29, 1.82) is 0 Å². The van der Waals surface area contributed by atoms with Crippen LogP contribution in [0.2, 0.25) is 0 Å². The Hall–Kier alpha value is -1.22. The number of aliphatic hydroxyl groups excluding tert-OH is 1. The van der Waals surface area contributed by atoms with Gasteiger partial charge < -0.3 is 5.11 Å². The van der Waals surface area contributed by atoms with Gasteiger partial charge in [-0.25, -0.2) is 4.39 Å². The van der Waals surface area contributed by atoms with E-state index in [9.17, 15) is 14.3 Å². The van der Waals surface area contributed by atoms with Crippen LogP contribution in [-0.2, 0) is 0 Å². The van der Waals surface area contributed by atoms with Crippen LogP contribution in [0.5, 0.6) is 0 Å². The maximum Gasteiger partial charge on any atom is 0.166 e. The highest BCUT2D eigenvalue weighted by atomic mass is 19.1. The fraction of sp³-hybridized carbons (Fsp3) is 0.462. The van der Waals surface area contributed by atoms with E-state index in [-0.39, 0.29) is 23.6 Å². The van der Waals surface area contributed by atoms with Gasteiger partial charge in [0.2, 0.25) is 0 Å². The number of Topliss-reactive ketones (excluding diaryl/α,β-unsaturated/α-hetero) is 1. The highest BCUT2D eigenvalue weighted by Crippen LogP contribution is 2.27. The predicted octanol–water partition coefficient (Wildman–Crippen LogP) is 2.56. The lowest BCUT2D eigenvalue weighted by Gasteiger charge is -2.24. The normalized spacial score (nSPS) is 25.4. The molecule has 1 aromatic carbocycles. The minimum absolute atomic E-state index is 0.00593. The van der Waals surface area contributed by atoms with Crippen molar-refractivity contribution in [1.82, 2.24) is 0 Å². The molecule has 1 aliphatic rings. The van der Waals surface area contributed by atoms with Crippen LogP contribution in [0.4, 0.5) is 4.39 Å². The van der Waals surface area contributed by atoms with Gasteiger partial charge >= 0.3 is 0 Å². The number of carbonyl (C=O) groups excluding carboxylic acids is 1. The second-order valence-corrected chi connectivity index (χ2v) is 4.38. The maximum atomic E-state index is 13.0. The van der Waals surface area contributed by atoms with Gasteiger partial charge in [0.1, 0.15) is 5.82 Å². The van der Waals surface area contributed by atoms with Crippen LogP contribution >= 0.6 is 0 Å². The second kappa shape index (κ2) is 4.74. The van der Waals surface area contributed by atoms with Crippen molar-refractivity contribution in [2.75, 3.05) is 0 Å². The molecule has 1 fully saturated rings. The SMILES string of the molecule is O=C(c1cccc(F)c1)C1CCC(O)CC1. The van der Waals surface area contributed by atoms with E-state index in [2.05, 4.69) is 0 Å². The van der Waals surface area contributed by atoms with Crippen molar-refractivity contribution < 1.29 is 14.3 Å². The van der Waals surface area contributed by atoms with Crippen molar-refractivity contribution in [3.05, 3.63) is 35.6 Å². The molecular formula is C13H15FO2. The Morgan fingerprint density at radius 3 is 2.56 bits per heavy atom. The predicted molar refractivity (Wildman–Crippen MR) is 58.7 cm³/mol. The van der Waals surface area contributed by atoms with Crippen LogP contribution in [0.1, 0.15) is 36.0 Å². The molecule has 2 nitrogen and oxygen atoms in total. The zero-order valence-electron chi connectivity index (χ0n) is 9.03. The third kappa shape index (κ3) is 2.47. The average Bonchev–Trinajstić information content (AvgIpc) is 2.29. The summed E-state index contributed by atoms with van der Waals surface area (Å²) in [6.45, 7) is 0. The van der Waals surface area contributed by atoms with Crippen LogP contribution in [0.15, 0.2) is 24.3 Å². The van der Waals surface area contributed by atoms with Crippen molar-refractivity contribution in [2.45, 2.75) is 31.8 Å². The molecule has 0 bridgehead atoms. The maximum absolute atomic E-state index is 13.0. The van der Waals surface area contributed by atoms with Crippen LogP contribution in [0.3, 0.4) is 0 Å².